The van der Waals surface area contributed by atoms with E-state index in [1.54, 1.807) is 6.07 Å². The van der Waals surface area contributed by atoms with Crippen molar-refractivity contribution in [2.45, 2.75) is 46.2 Å². The number of benzene rings is 2. The minimum absolute atomic E-state index is 0.0886. The van der Waals surface area contributed by atoms with Gasteiger partial charge in [0, 0.05) is 24.3 Å². The number of carbonyl (C=O) groups is 2. The van der Waals surface area contributed by atoms with Crippen LogP contribution in [-0.4, -0.2) is 36.0 Å². The zero-order valence-corrected chi connectivity index (χ0v) is 16.8. The monoisotopic (exact) mass is 377 g/mol. The van der Waals surface area contributed by atoms with Crippen LogP contribution in [0.4, 0.5) is 11.4 Å². The van der Waals surface area contributed by atoms with E-state index in [4.69, 9.17) is 0 Å². The molecule has 5 heteroatoms. The molecule has 2 aliphatic heterocycles. The van der Waals surface area contributed by atoms with Crippen LogP contribution in [0.5, 0.6) is 0 Å². The lowest BCUT2D eigenvalue weighted by Crippen LogP contribution is -2.57. The lowest BCUT2D eigenvalue weighted by molar-refractivity contribution is 0.0582. The fourth-order valence-corrected chi connectivity index (χ4v) is 4.51. The maximum atomic E-state index is 13.0. The SMILES string of the molecule is CCN1c2cc(C(=O)Nc3cc(C)cc(C)c3)ccc2C(=O)N2CCCC[C@H]21. The molecule has 1 N–H and O–H groups in total. The summed E-state index contributed by atoms with van der Waals surface area (Å²) in [5, 5.41) is 2.99. The van der Waals surface area contributed by atoms with Gasteiger partial charge in [-0.15, -0.1) is 0 Å². The lowest BCUT2D eigenvalue weighted by atomic mass is 9.97. The van der Waals surface area contributed by atoms with Crippen LogP contribution < -0.4 is 10.2 Å². The number of aryl methyl sites for hydroxylation is 2. The van der Waals surface area contributed by atoms with Crippen LogP contribution in [0.25, 0.3) is 0 Å². The number of nitrogens with one attached hydrogen (secondary N) is 1. The molecule has 2 aromatic carbocycles. The fourth-order valence-electron chi connectivity index (χ4n) is 4.51. The van der Waals surface area contributed by atoms with E-state index in [2.05, 4.69) is 23.2 Å². The number of amides is 2. The first-order chi connectivity index (χ1) is 13.5. The third kappa shape index (κ3) is 3.26. The molecule has 1 fully saturated rings. The molecule has 0 unspecified atom stereocenters. The molecule has 28 heavy (non-hydrogen) atoms. The first kappa shape index (κ1) is 18.5. The van der Waals surface area contributed by atoms with E-state index in [-0.39, 0.29) is 18.0 Å². The second kappa shape index (κ2) is 7.30. The van der Waals surface area contributed by atoms with Gasteiger partial charge in [0.2, 0.25) is 0 Å². The van der Waals surface area contributed by atoms with Gasteiger partial charge in [0.25, 0.3) is 11.8 Å². The maximum absolute atomic E-state index is 13.0. The standard InChI is InChI=1S/C23H27N3O2/c1-4-25-20-14-17(22(27)24-18-12-15(2)11-16(3)13-18)8-9-19(20)23(28)26-10-6-5-7-21(25)26/h8-9,11-14,21H,4-7,10H2,1-3H3,(H,24,27)/t21-/m0/s1. The Morgan fingerprint density at radius 2 is 1.86 bits per heavy atom. The normalized spacial score (nSPS) is 18.5. The van der Waals surface area contributed by atoms with E-state index in [1.165, 1.54) is 0 Å². The molecule has 0 radical (unpaired) electrons. The van der Waals surface area contributed by atoms with Crippen molar-refractivity contribution >= 4 is 23.2 Å². The number of rotatable bonds is 3. The van der Waals surface area contributed by atoms with Crippen LogP contribution >= 0.6 is 0 Å². The quantitative estimate of drug-likeness (QED) is 0.865. The third-order valence-corrected chi connectivity index (χ3v) is 5.71. The molecule has 1 saturated heterocycles. The number of piperidine rings is 1. The second-order valence-electron chi connectivity index (χ2n) is 7.82. The van der Waals surface area contributed by atoms with Crippen molar-refractivity contribution in [1.82, 2.24) is 4.90 Å². The Labute approximate surface area is 166 Å². The average Bonchev–Trinajstić information content (AvgIpc) is 2.67. The van der Waals surface area contributed by atoms with Crippen molar-refractivity contribution in [2.75, 3.05) is 23.3 Å². The highest BCUT2D eigenvalue weighted by atomic mass is 16.2. The fraction of sp³-hybridized carbons (Fsp3) is 0.391. The summed E-state index contributed by atoms with van der Waals surface area (Å²) >= 11 is 0. The predicted molar refractivity (Wildman–Crippen MR) is 112 cm³/mol. The first-order valence-corrected chi connectivity index (χ1v) is 10.1. The lowest BCUT2D eigenvalue weighted by Gasteiger charge is -2.47. The minimum Gasteiger partial charge on any atom is -0.351 e. The Hall–Kier alpha value is -2.82. The van der Waals surface area contributed by atoms with Gasteiger partial charge < -0.3 is 15.1 Å². The second-order valence-corrected chi connectivity index (χ2v) is 7.82. The van der Waals surface area contributed by atoms with Gasteiger partial charge in [-0.2, -0.15) is 0 Å². The predicted octanol–water partition coefficient (Wildman–Crippen LogP) is 4.35. The molecule has 0 aromatic heterocycles. The van der Waals surface area contributed by atoms with Crippen LogP contribution in [-0.2, 0) is 0 Å². The molecule has 2 heterocycles. The van der Waals surface area contributed by atoms with E-state index in [0.29, 0.717) is 11.1 Å². The van der Waals surface area contributed by atoms with Gasteiger partial charge in [-0.05, 0) is 81.5 Å². The molecule has 2 amide bonds. The zero-order chi connectivity index (χ0) is 19.8. The largest absolute Gasteiger partial charge is 0.351 e. The summed E-state index contributed by atoms with van der Waals surface area (Å²) in [6, 6.07) is 11.4. The molecular weight excluding hydrogens is 350 g/mol. The maximum Gasteiger partial charge on any atom is 0.257 e. The van der Waals surface area contributed by atoms with Gasteiger partial charge in [-0.25, -0.2) is 0 Å². The third-order valence-electron chi connectivity index (χ3n) is 5.71. The number of hydrogen-bond acceptors (Lipinski definition) is 3. The Bertz CT molecular complexity index is 917. The summed E-state index contributed by atoms with van der Waals surface area (Å²) in [4.78, 5) is 30.1. The molecule has 0 bridgehead atoms. The van der Waals surface area contributed by atoms with Crippen molar-refractivity contribution < 1.29 is 9.59 Å². The number of fused-ring (bicyclic) bond motifs is 2. The first-order valence-electron chi connectivity index (χ1n) is 10.1. The van der Waals surface area contributed by atoms with Crippen molar-refractivity contribution in [3.05, 3.63) is 58.7 Å². The Balaban J connectivity index is 1.66. The van der Waals surface area contributed by atoms with Crippen molar-refractivity contribution in [1.29, 1.82) is 0 Å². The molecule has 5 nitrogen and oxygen atoms in total. The van der Waals surface area contributed by atoms with Gasteiger partial charge in [-0.1, -0.05) is 6.07 Å². The van der Waals surface area contributed by atoms with Crippen LogP contribution in [0.3, 0.4) is 0 Å². The van der Waals surface area contributed by atoms with Crippen molar-refractivity contribution in [3.63, 3.8) is 0 Å². The van der Waals surface area contributed by atoms with E-state index in [9.17, 15) is 9.59 Å². The van der Waals surface area contributed by atoms with Crippen LogP contribution in [0.1, 0.15) is 58.0 Å². The summed E-state index contributed by atoms with van der Waals surface area (Å²) < 4.78 is 0. The van der Waals surface area contributed by atoms with Crippen molar-refractivity contribution in [3.8, 4) is 0 Å². The van der Waals surface area contributed by atoms with E-state index >= 15 is 0 Å². The van der Waals surface area contributed by atoms with Crippen LogP contribution in [0.15, 0.2) is 36.4 Å². The minimum atomic E-state index is -0.151. The van der Waals surface area contributed by atoms with Crippen LogP contribution in [0, 0.1) is 13.8 Å². The van der Waals surface area contributed by atoms with Crippen molar-refractivity contribution in [2.24, 2.45) is 0 Å². The van der Waals surface area contributed by atoms with Gasteiger partial charge >= 0.3 is 0 Å². The van der Waals surface area contributed by atoms with E-state index in [1.807, 2.05) is 43.0 Å². The molecule has 2 aromatic rings. The highest BCUT2D eigenvalue weighted by molar-refractivity contribution is 6.08. The molecule has 146 valence electrons. The molecule has 0 saturated carbocycles. The number of hydrogen-bond donors (Lipinski definition) is 1. The van der Waals surface area contributed by atoms with Crippen LogP contribution in [0.2, 0.25) is 0 Å². The van der Waals surface area contributed by atoms with E-state index < -0.39 is 0 Å². The summed E-state index contributed by atoms with van der Waals surface area (Å²) in [7, 11) is 0. The van der Waals surface area contributed by atoms with E-state index in [0.717, 1.165) is 54.9 Å². The number of carbonyl (C=O) groups excluding carboxylic acids is 2. The van der Waals surface area contributed by atoms with Gasteiger partial charge in [0.1, 0.15) is 6.17 Å². The highest BCUT2D eigenvalue weighted by Gasteiger charge is 2.38. The van der Waals surface area contributed by atoms with Gasteiger partial charge in [0.05, 0.1) is 11.3 Å². The summed E-state index contributed by atoms with van der Waals surface area (Å²) in [5.41, 5.74) is 5.17. The average molecular weight is 377 g/mol. The molecule has 0 aliphatic carbocycles. The number of anilines is 2. The summed E-state index contributed by atoms with van der Waals surface area (Å²) in [5.74, 6) is -0.0620. The number of nitrogens with zero attached hydrogens (tertiary/aromatic N) is 2. The zero-order valence-electron chi connectivity index (χ0n) is 16.8. The van der Waals surface area contributed by atoms with Gasteiger partial charge in [-0.3, -0.25) is 9.59 Å². The highest BCUT2D eigenvalue weighted by Crippen LogP contribution is 2.35. The Morgan fingerprint density at radius 1 is 1.11 bits per heavy atom. The Kier molecular flexibility index (Phi) is 4.84. The smallest absolute Gasteiger partial charge is 0.257 e. The molecule has 0 spiro atoms. The summed E-state index contributed by atoms with van der Waals surface area (Å²) in [6.07, 6.45) is 3.29. The molecule has 2 aliphatic rings. The summed E-state index contributed by atoms with van der Waals surface area (Å²) in [6.45, 7) is 7.76. The van der Waals surface area contributed by atoms with Gasteiger partial charge in [0.15, 0.2) is 0 Å². The topological polar surface area (TPSA) is 52.7 Å². The molecule has 1 atom stereocenters. The Morgan fingerprint density at radius 3 is 2.57 bits per heavy atom. The molecular formula is C23H27N3O2. The molecule has 4 rings (SSSR count).